The lowest BCUT2D eigenvalue weighted by atomic mass is 9.96. The number of benzene rings is 1. The third kappa shape index (κ3) is 3.25. The molecule has 2 heterocycles. The van der Waals surface area contributed by atoms with Gasteiger partial charge in [-0.15, -0.1) is 0 Å². The van der Waals surface area contributed by atoms with E-state index in [1.54, 1.807) is 10.9 Å². The molecule has 1 atom stereocenters. The van der Waals surface area contributed by atoms with Gasteiger partial charge in [0.1, 0.15) is 11.4 Å². The third-order valence-electron chi connectivity index (χ3n) is 4.27. The van der Waals surface area contributed by atoms with Crippen molar-refractivity contribution < 1.29 is 4.79 Å². The first-order valence-electron chi connectivity index (χ1n) is 8.19. The summed E-state index contributed by atoms with van der Waals surface area (Å²) in [6.07, 6.45) is 6.41. The van der Waals surface area contributed by atoms with Gasteiger partial charge in [0.2, 0.25) is 0 Å². The van der Waals surface area contributed by atoms with Gasteiger partial charge in [-0.2, -0.15) is 5.10 Å². The van der Waals surface area contributed by atoms with Crippen molar-refractivity contribution in [3.05, 3.63) is 72.2 Å². The van der Waals surface area contributed by atoms with Gasteiger partial charge in [0, 0.05) is 31.9 Å². The summed E-state index contributed by atoms with van der Waals surface area (Å²) in [6.45, 7) is 2.75. The molecule has 0 saturated heterocycles. The Balaban J connectivity index is 1.74. The molecule has 1 amide bonds. The Morgan fingerprint density at radius 3 is 2.54 bits per heavy atom. The molecule has 0 fully saturated rings. The van der Waals surface area contributed by atoms with E-state index in [4.69, 9.17) is 0 Å². The van der Waals surface area contributed by atoms with Crippen LogP contribution in [0.1, 0.15) is 35.2 Å². The van der Waals surface area contributed by atoms with Crippen molar-refractivity contribution >= 4 is 5.91 Å². The Morgan fingerprint density at radius 2 is 1.88 bits per heavy atom. The normalized spacial score (nSPS) is 12.1. The molecule has 0 radical (unpaired) electrons. The zero-order chi connectivity index (χ0) is 16.9. The van der Waals surface area contributed by atoms with Crippen LogP contribution in [0.4, 0.5) is 0 Å². The lowest BCUT2D eigenvalue weighted by Gasteiger charge is -2.16. The lowest BCUT2D eigenvalue weighted by molar-refractivity contribution is 0.0951. The van der Waals surface area contributed by atoms with Crippen molar-refractivity contribution in [1.29, 1.82) is 0 Å². The van der Waals surface area contributed by atoms with E-state index < -0.39 is 0 Å². The minimum Gasteiger partial charge on any atom is -0.351 e. The van der Waals surface area contributed by atoms with Gasteiger partial charge in [-0.1, -0.05) is 37.3 Å². The molecule has 0 aliphatic carbocycles. The van der Waals surface area contributed by atoms with Crippen LogP contribution in [0.25, 0.3) is 5.82 Å². The number of nitrogens with one attached hydrogen (secondary N) is 1. The van der Waals surface area contributed by atoms with E-state index >= 15 is 0 Å². The molecular weight excluding hydrogens is 300 g/mol. The Morgan fingerprint density at radius 1 is 1.17 bits per heavy atom. The summed E-state index contributed by atoms with van der Waals surface area (Å²) in [5.41, 5.74) is 1.83. The van der Waals surface area contributed by atoms with Crippen LogP contribution >= 0.6 is 0 Å². The van der Waals surface area contributed by atoms with Gasteiger partial charge in [-0.3, -0.25) is 9.48 Å². The van der Waals surface area contributed by atoms with E-state index in [0.29, 0.717) is 18.0 Å². The summed E-state index contributed by atoms with van der Waals surface area (Å²) in [7, 11) is 1.84. The number of carbonyl (C=O) groups is 1. The zero-order valence-corrected chi connectivity index (χ0v) is 14.0. The summed E-state index contributed by atoms with van der Waals surface area (Å²) in [4.78, 5) is 12.6. The molecule has 0 bridgehead atoms. The van der Waals surface area contributed by atoms with Crippen molar-refractivity contribution in [3.8, 4) is 5.82 Å². The van der Waals surface area contributed by atoms with E-state index in [2.05, 4.69) is 29.5 Å². The summed E-state index contributed by atoms with van der Waals surface area (Å²) in [6, 6.07) is 14.1. The van der Waals surface area contributed by atoms with E-state index in [9.17, 15) is 4.79 Å². The summed E-state index contributed by atoms with van der Waals surface area (Å²) >= 11 is 0. The molecule has 24 heavy (non-hydrogen) atoms. The molecule has 1 N–H and O–H groups in total. The predicted octanol–water partition coefficient (Wildman–Crippen LogP) is 3.13. The first-order valence-corrected chi connectivity index (χ1v) is 8.19. The molecule has 0 aliphatic heterocycles. The molecule has 5 heteroatoms. The highest BCUT2D eigenvalue weighted by atomic mass is 16.1. The monoisotopic (exact) mass is 322 g/mol. The Bertz CT molecular complexity index is 790. The number of aromatic nitrogens is 3. The van der Waals surface area contributed by atoms with Crippen molar-refractivity contribution in [1.82, 2.24) is 19.7 Å². The number of hydrogen-bond donors (Lipinski definition) is 1. The Hall–Kier alpha value is -2.82. The lowest BCUT2D eigenvalue weighted by Crippen LogP contribution is -2.29. The fourth-order valence-corrected chi connectivity index (χ4v) is 2.91. The smallest absolute Gasteiger partial charge is 0.256 e. The van der Waals surface area contributed by atoms with Crippen LogP contribution in [0.3, 0.4) is 0 Å². The number of rotatable bonds is 6. The third-order valence-corrected chi connectivity index (χ3v) is 4.27. The molecular formula is C19H22N4O. The van der Waals surface area contributed by atoms with E-state index in [-0.39, 0.29) is 5.91 Å². The van der Waals surface area contributed by atoms with Crippen molar-refractivity contribution in [3.63, 3.8) is 0 Å². The molecule has 0 saturated carbocycles. The number of aryl methyl sites for hydroxylation is 1. The molecule has 1 unspecified atom stereocenters. The second kappa shape index (κ2) is 7.17. The largest absolute Gasteiger partial charge is 0.351 e. The number of hydrogen-bond acceptors (Lipinski definition) is 2. The van der Waals surface area contributed by atoms with Crippen LogP contribution in [0, 0.1) is 0 Å². The first-order chi connectivity index (χ1) is 11.7. The number of amides is 1. The summed E-state index contributed by atoms with van der Waals surface area (Å²) in [5, 5.41) is 7.29. The highest BCUT2D eigenvalue weighted by Crippen LogP contribution is 2.19. The van der Waals surface area contributed by atoms with Crippen molar-refractivity contribution in [2.75, 3.05) is 6.54 Å². The molecule has 0 aliphatic rings. The van der Waals surface area contributed by atoms with Crippen LogP contribution in [0.15, 0.2) is 61.1 Å². The van der Waals surface area contributed by atoms with Gasteiger partial charge >= 0.3 is 0 Å². The van der Waals surface area contributed by atoms with Gasteiger partial charge in [0.15, 0.2) is 0 Å². The highest BCUT2D eigenvalue weighted by Gasteiger charge is 2.18. The first kappa shape index (κ1) is 16.1. The zero-order valence-electron chi connectivity index (χ0n) is 14.0. The van der Waals surface area contributed by atoms with Crippen LogP contribution in [-0.2, 0) is 7.05 Å². The fourth-order valence-electron chi connectivity index (χ4n) is 2.91. The Labute approximate surface area is 141 Å². The molecule has 0 spiro atoms. The van der Waals surface area contributed by atoms with E-state index in [1.165, 1.54) is 5.56 Å². The SMILES string of the molecule is CCC(CNC(=O)c1cnn(C)c1-n1cccc1)c1ccccc1. The summed E-state index contributed by atoms with van der Waals surface area (Å²) in [5.74, 6) is 0.980. The molecule has 5 nitrogen and oxygen atoms in total. The molecule has 1 aromatic carbocycles. The van der Waals surface area contributed by atoms with Crippen LogP contribution < -0.4 is 5.32 Å². The topological polar surface area (TPSA) is 51.9 Å². The predicted molar refractivity (Wildman–Crippen MR) is 94.3 cm³/mol. The van der Waals surface area contributed by atoms with Gasteiger partial charge in [0.25, 0.3) is 5.91 Å². The molecule has 3 rings (SSSR count). The average Bonchev–Trinajstić information content (AvgIpc) is 3.25. The maximum absolute atomic E-state index is 12.6. The maximum atomic E-state index is 12.6. The highest BCUT2D eigenvalue weighted by molar-refractivity contribution is 5.97. The van der Waals surface area contributed by atoms with Gasteiger partial charge in [0.05, 0.1) is 6.20 Å². The quantitative estimate of drug-likeness (QED) is 0.758. The average molecular weight is 322 g/mol. The number of nitrogens with zero attached hydrogens (tertiary/aromatic N) is 3. The maximum Gasteiger partial charge on any atom is 0.256 e. The van der Waals surface area contributed by atoms with Crippen molar-refractivity contribution in [2.24, 2.45) is 7.05 Å². The van der Waals surface area contributed by atoms with Gasteiger partial charge in [-0.05, 0) is 24.1 Å². The second-order valence-electron chi connectivity index (χ2n) is 5.82. The van der Waals surface area contributed by atoms with Crippen LogP contribution in [0.2, 0.25) is 0 Å². The number of carbonyl (C=O) groups excluding carboxylic acids is 1. The van der Waals surface area contributed by atoms with E-state index in [0.717, 1.165) is 12.2 Å². The van der Waals surface area contributed by atoms with Crippen molar-refractivity contribution in [2.45, 2.75) is 19.3 Å². The molecule has 3 aromatic rings. The summed E-state index contributed by atoms with van der Waals surface area (Å²) < 4.78 is 3.61. The van der Waals surface area contributed by atoms with Gasteiger partial charge < -0.3 is 9.88 Å². The standard InChI is InChI=1S/C19H22N4O/c1-3-15(16-9-5-4-6-10-16)13-20-18(24)17-14-21-22(2)19(17)23-11-7-8-12-23/h4-12,14-15H,3,13H2,1-2H3,(H,20,24). The van der Waals surface area contributed by atoms with Crippen LogP contribution in [0.5, 0.6) is 0 Å². The molecule has 124 valence electrons. The second-order valence-corrected chi connectivity index (χ2v) is 5.82. The fraction of sp³-hybridized carbons (Fsp3) is 0.263. The van der Waals surface area contributed by atoms with Gasteiger partial charge in [-0.25, -0.2) is 0 Å². The molecule has 2 aromatic heterocycles. The minimum atomic E-state index is -0.0961. The van der Waals surface area contributed by atoms with Crippen LogP contribution in [-0.4, -0.2) is 26.8 Å². The minimum absolute atomic E-state index is 0.0961. The Kier molecular flexibility index (Phi) is 4.79. The van der Waals surface area contributed by atoms with E-state index in [1.807, 2.05) is 54.3 Å².